The fourth-order valence-electron chi connectivity index (χ4n) is 1.59. The number of rotatable bonds is 6. The lowest BCUT2D eigenvalue weighted by atomic mass is 10.3. The largest absolute Gasteiger partial charge is 0.246 e. The Morgan fingerprint density at radius 2 is 1.90 bits per heavy atom. The van der Waals surface area contributed by atoms with Crippen LogP contribution in [-0.2, 0) is 19.9 Å². The van der Waals surface area contributed by atoms with Gasteiger partial charge in [-0.2, -0.15) is 4.31 Å². The molecule has 0 aliphatic carbocycles. The lowest BCUT2D eigenvalue weighted by Gasteiger charge is -2.19. The van der Waals surface area contributed by atoms with E-state index in [9.17, 15) is 21.2 Å². The van der Waals surface area contributed by atoms with Gasteiger partial charge in [0.1, 0.15) is 10.7 Å². The molecular formula is C12H16FNO4S2. The van der Waals surface area contributed by atoms with Crippen molar-refractivity contribution < 1.29 is 21.2 Å². The average Bonchev–Trinajstić information content (AvgIpc) is 2.34. The Kier molecular flexibility index (Phi) is 5.06. The Morgan fingerprint density at radius 1 is 1.30 bits per heavy atom. The molecule has 0 heterocycles. The summed E-state index contributed by atoms with van der Waals surface area (Å²) in [5, 5.41) is 0. The summed E-state index contributed by atoms with van der Waals surface area (Å²) in [4.78, 5) is -0.892. The Bertz CT molecular complexity index is 711. The van der Waals surface area contributed by atoms with E-state index >= 15 is 0 Å². The maximum Gasteiger partial charge on any atom is 0.246 e. The summed E-state index contributed by atoms with van der Waals surface area (Å²) in [7, 11) is -7.72. The molecule has 0 unspecified atom stereocenters. The van der Waals surface area contributed by atoms with Crippen LogP contribution in [0.1, 0.15) is 6.92 Å². The zero-order valence-corrected chi connectivity index (χ0v) is 12.8. The number of hydrogen-bond donors (Lipinski definition) is 0. The fourth-order valence-corrected chi connectivity index (χ4v) is 3.82. The van der Waals surface area contributed by atoms with Gasteiger partial charge in [0, 0.05) is 19.3 Å². The third-order valence-electron chi connectivity index (χ3n) is 2.63. The van der Waals surface area contributed by atoms with Crippen molar-refractivity contribution >= 4 is 19.9 Å². The molecule has 1 rings (SSSR count). The summed E-state index contributed by atoms with van der Waals surface area (Å²) >= 11 is 0. The smallest absolute Gasteiger partial charge is 0.224 e. The first kappa shape index (κ1) is 16.8. The van der Waals surface area contributed by atoms with Crippen LogP contribution in [0.2, 0.25) is 0 Å². The van der Waals surface area contributed by atoms with Gasteiger partial charge in [-0.15, -0.1) is 6.58 Å². The Balaban J connectivity index is 3.49. The van der Waals surface area contributed by atoms with Gasteiger partial charge in [0.15, 0.2) is 9.84 Å². The molecule has 0 saturated carbocycles. The molecule has 0 spiro atoms. The third-order valence-corrected chi connectivity index (χ3v) is 5.70. The first-order valence-electron chi connectivity index (χ1n) is 5.75. The molecule has 0 aliphatic rings. The molecule has 8 heteroatoms. The average molecular weight is 321 g/mol. The molecule has 0 fully saturated rings. The molecule has 5 nitrogen and oxygen atoms in total. The lowest BCUT2D eigenvalue weighted by molar-refractivity contribution is 0.453. The van der Waals surface area contributed by atoms with Crippen LogP contribution in [0.4, 0.5) is 4.39 Å². The SMILES string of the molecule is C=CCN(CC)S(=O)(=O)c1cc(S(C)(=O)=O)ccc1F. The predicted molar refractivity (Wildman–Crippen MR) is 74.1 cm³/mol. The zero-order valence-electron chi connectivity index (χ0n) is 11.2. The van der Waals surface area contributed by atoms with Crippen LogP contribution < -0.4 is 0 Å². The number of sulfone groups is 1. The highest BCUT2D eigenvalue weighted by atomic mass is 32.2. The van der Waals surface area contributed by atoms with Gasteiger partial charge in [0.05, 0.1) is 4.90 Å². The van der Waals surface area contributed by atoms with E-state index in [0.717, 1.165) is 28.8 Å². The molecule has 0 aliphatic heterocycles. The Morgan fingerprint density at radius 3 is 2.35 bits per heavy atom. The minimum Gasteiger partial charge on any atom is -0.224 e. The van der Waals surface area contributed by atoms with Crippen LogP contribution in [0.25, 0.3) is 0 Å². The van der Waals surface area contributed by atoms with E-state index < -0.39 is 30.6 Å². The Labute approximate surface area is 118 Å². The quantitative estimate of drug-likeness (QED) is 0.587. The molecule has 0 atom stereocenters. The molecule has 0 amide bonds. The van der Waals surface area contributed by atoms with Crippen LogP contribution in [0.3, 0.4) is 0 Å². The van der Waals surface area contributed by atoms with Gasteiger partial charge in [0.25, 0.3) is 0 Å². The number of likely N-dealkylation sites (N-methyl/N-ethyl adjacent to an activating group) is 1. The van der Waals surface area contributed by atoms with Crippen LogP contribution in [0.15, 0.2) is 40.6 Å². The highest BCUT2D eigenvalue weighted by Crippen LogP contribution is 2.22. The van der Waals surface area contributed by atoms with Crippen LogP contribution in [0.5, 0.6) is 0 Å². The molecule has 0 N–H and O–H groups in total. The van der Waals surface area contributed by atoms with Gasteiger partial charge in [-0.25, -0.2) is 21.2 Å². The molecule has 20 heavy (non-hydrogen) atoms. The first-order chi connectivity index (χ1) is 9.14. The third kappa shape index (κ3) is 3.44. The summed E-state index contributed by atoms with van der Waals surface area (Å²) in [6.45, 7) is 5.17. The van der Waals surface area contributed by atoms with Gasteiger partial charge in [0.2, 0.25) is 10.0 Å². The van der Waals surface area contributed by atoms with E-state index in [2.05, 4.69) is 6.58 Å². The van der Waals surface area contributed by atoms with Crippen molar-refractivity contribution in [2.24, 2.45) is 0 Å². The first-order valence-corrected chi connectivity index (χ1v) is 9.08. The standard InChI is InChI=1S/C12H16FNO4S2/c1-4-8-14(5-2)20(17,18)12-9-10(19(3,15)16)6-7-11(12)13/h4,6-7,9H,1,5,8H2,2-3H3. The number of benzene rings is 1. The summed E-state index contributed by atoms with van der Waals surface area (Å²) in [5.74, 6) is -0.986. The van der Waals surface area contributed by atoms with E-state index in [1.165, 1.54) is 6.08 Å². The fraction of sp³-hybridized carbons (Fsp3) is 0.333. The van der Waals surface area contributed by atoms with E-state index in [1.807, 2.05) is 0 Å². The normalized spacial score (nSPS) is 12.6. The van der Waals surface area contributed by atoms with Crippen molar-refractivity contribution in [2.45, 2.75) is 16.7 Å². The second-order valence-electron chi connectivity index (χ2n) is 4.11. The van der Waals surface area contributed by atoms with E-state index in [-0.39, 0.29) is 18.0 Å². The number of hydrogen-bond acceptors (Lipinski definition) is 4. The topological polar surface area (TPSA) is 71.5 Å². The maximum absolute atomic E-state index is 13.8. The molecule has 112 valence electrons. The van der Waals surface area contributed by atoms with Gasteiger partial charge in [-0.3, -0.25) is 0 Å². The van der Waals surface area contributed by atoms with Crippen molar-refractivity contribution in [1.82, 2.24) is 4.31 Å². The molecule has 0 bridgehead atoms. The minimum absolute atomic E-state index is 0.0153. The van der Waals surface area contributed by atoms with Gasteiger partial charge in [-0.1, -0.05) is 13.0 Å². The summed E-state index contributed by atoms with van der Waals surface area (Å²) in [6.07, 6.45) is 2.30. The molecule has 0 aromatic heterocycles. The summed E-state index contributed by atoms with van der Waals surface area (Å²) < 4.78 is 62.2. The van der Waals surface area contributed by atoms with E-state index in [1.54, 1.807) is 6.92 Å². The van der Waals surface area contributed by atoms with Gasteiger partial charge < -0.3 is 0 Å². The van der Waals surface area contributed by atoms with E-state index in [4.69, 9.17) is 0 Å². The molecule has 1 aromatic rings. The predicted octanol–water partition coefficient (Wildman–Crippen LogP) is 1.43. The minimum atomic E-state index is -4.10. The van der Waals surface area contributed by atoms with Crippen molar-refractivity contribution in [3.8, 4) is 0 Å². The highest BCUT2D eigenvalue weighted by molar-refractivity contribution is 7.91. The van der Waals surface area contributed by atoms with Crippen LogP contribution >= 0.6 is 0 Å². The molecular weight excluding hydrogens is 305 g/mol. The van der Waals surface area contributed by atoms with Gasteiger partial charge in [-0.05, 0) is 18.2 Å². The van der Waals surface area contributed by atoms with Crippen molar-refractivity contribution in [1.29, 1.82) is 0 Å². The van der Waals surface area contributed by atoms with Crippen LogP contribution in [-0.4, -0.2) is 40.5 Å². The molecule has 0 saturated heterocycles. The summed E-state index contributed by atoms with van der Waals surface area (Å²) in [5.41, 5.74) is 0. The van der Waals surface area contributed by atoms with Crippen molar-refractivity contribution in [3.63, 3.8) is 0 Å². The van der Waals surface area contributed by atoms with Crippen molar-refractivity contribution in [3.05, 3.63) is 36.7 Å². The van der Waals surface area contributed by atoms with Gasteiger partial charge >= 0.3 is 0 Å². The van der Waals surface area contributed by atoms with E-state index in [0.29, 0.717) is 0 Å². The number of sulfonamides is 1. The molecule has 0 radical (unpaired) electrons. The number of halogens is 1. The van der Waals surface area contributed by atoms with Crippen LogP contribution in [0, 0.1) is 5.82 Å². The summed E-state index contributed by atoms with van der Waals surface area (Å²) in [6, 6.07) is 2.71. The lowest BCUT2D eigenvalue weighted by Crippen LogP contribution is -2.31. The second kappa shape index (κ2) is 6.02. The number of nitrogens with zero attached hydrogens (tertiary/aromatic N) is 1. The second-order valence-corrected chi connectivity index (χ2v) is 8.03. The van der Waals surface area contributed by atoms with Crippen molar-refractivity contribution in [2.75, 3.05) is 19.3 Å². The molecule has 1 aromatic carbocycles. The maximum atomic E-state index is 13.8. The Hall–Kier alpha value is -1.25. The zero-order chi connectivity index (χ0) is 15.6. The highest BCUT2D eigenvalue weighted by Gasteiger charge is 2.27. The monoisotopic (exact) mass is 321 g/mol.